The fraction of sp³-hybridized carbons (Fsp3) is 0.0769. The van der Waals surface area contributed by atoms with E-state index in [-0.39, 0.29) is 33.0 Å². The summed E-state index contributed by atoms with van der Waals surface area (Å²) < 4.78 is 63.9. The number of nitrogens with zero attached hydrogens (tertiary/aromatic N) is 1. The molecule has 36 heavy (non-hydrogen) atoms. The number of carbonyl (C=O) groups is 2. The highest BCUT2D eigenvalue weighted by Gasteiger charge is 2.34. The van der Waals surface area contributed by atoms with Gasteiger partial charge in [0.1, 0.15) is 5.75 Å². The molecule has 0 radical (unpaired) electrons. The van der Waals surface area contributed by atoms with Crippen LogP contribution in [0.1, 0.15) is 31.8 Å². The lowest BCUT2D eigenvalue weighted by molar-refractivity contribution is -0.137. The van der Waals surface area contributed by atoms with Crippen molar-refractivity contribution in [2.24, 2.45) is 0 Å². The Morgan fingerprint density at radius 2 is 1.44 bits per heavy atom. The zero-order valence-corrected chi connectivity index (χ0v) is 19.1. The van der Waals surface area contributed by atoms with Crippen LogP contribution in [0.3, 0.4) is 0 Å². The van der Waals surface area contributed by atoms with Crippen molar-refractivity contribution in [3.05, 3.63) is 101 Å². The molecule has 4 aromatic carbocycles. The Kier molecular flexibility index (Phi) is 5.36. The predicted octanol–water partition coefficient (Wildman–Crippen LogP) is 5.34. The van der Waals surface area contributed by atoms with Crippen LogP contribution in [0.25, 0.3) is 10.8 Å². The summed E-state index contributed by atoms with van der Waals surface area (Å²) in [6, 6.07) is 16.5. The van der Waals surface area contributed by atoms with Gasteiger partial charge >= 0.3 is 6.18 Å². The van der Waals surface area contributed by atoms with Crippen LogP contribution in [-0.2, 0) is 21.8 Å². The first-order valence-corrected chi connectivity index (χ1v) is 12.2. The second kappa shape index (κ2) is 8.20. The zero-order valence-electron chi connectivity index (χ0n) is 18.3. The molecule has 5 rings (SSSR count). The molecule has 182 valence electrons. The van der Waals surface area contributed by atoms with Crippen molar-refractivity contribution in [2.75, 3.05) is 4.90 Å². The van der Waals surface area contributed by atoms with Gasteiger partial charge in [0.25, 0.3) is 11.8 Å². The number of phenols is 1. The smallest absolute Gasteiger partial charge is 0.416 e. The standard InChI is InChI=1S/C26H16F3NO5S/c27-26(28,29)17-6-4-15(5-7-17)14-36(34,35)20-10-8-18(9-11-20)30-24(32)21-3-1-2-16-12-19(31)13-22(23(16)21)25(30)33/h1-13,31H,14H2. The monoisotopic (exact) mass is 511 g/mol. The minimum atomic E-state index is -4.53. The van der Waals surface area contributed by atoms with E-state index in [2.05, 4.69) is 0 Å². The van der Waals surface area contributed by atoms with Crippen molar-refractivity contribution in [2.45, 2.75) is 16.8 Å². The molecule has 0 aromatic heterocycles. The van der Waals surface area contributed by atoms with E-state index in [4.69, 9.17) is 0 Å². The van der Waals surface area contributed by atoms with Gasteiger partial charge in [-0.1, -0.05) is 24.3 Å². The number of anilines is 1. The fourth-order valence-electron chi connectivity index (χ4n) is 4.22. The van der Waals surface area contributed by atoms with Gasteiger partial charge in [0.05, 0.1) is 27.5 Å². The molecular weight excluding hydrogens is 495 g/mol. The molecule has 1 heterocycles. The van der Waals surface area contributed by atoms with E-state index in [0.29, 0.717) is 10.8 Å². The molecule has 0 unspecified atom stereocenters. The van der Waals surface area contributed by atoms with Gasteiger partial charge in [0.2, 0.25) is 0 Å². The summed E-state index contributed by atoms with van der Waals surface area (Å²) in [4.78, 5) is 27.1. The van der Waals surface area contributed by atoms with Crippen LogP contribution in [0.15, 0.2) is 83.8 Å². The Labute approximate surface area is 203 Å². The zero-order chi connectivity index (χ0) is 25.8. The first-order chi connectivity index (χ1) is 17.0. The third kappa shape index (κ3) is 3.99. The maximum atomic E-state index is 13.2. The molecule has 0 fully saturated rings. The third-order valence-corrected chi connectivity index (χ3v) is 7.62. The number of carbonyl (C=O) groups excluding carboxylic acids is 2. The number of alkyl halides is 3. The number of hydrogen-bond donors (Lipinski definition) is 1. The molecule has 0 bridgehead atoms. The first-order valence-electron chi connectivity index (χ1n) is 10.6. The van der Waals surface area contributed by atoms with Crippen LogP contribution in [0.5, 0.6) is 5.75 Å². The van der Waals surface area contributed by atoms with Gasteiger partial charge in [0, 0.05) is 10.9 Å². The molecule has 1 aliphatic heterocycles. The predicted molar refractivity (Wildman–Crippen MR) is 126 cm³/mol. The van der Waals surface area contributed by atoms with E-state index in [1.165, 1.54) is 36.4 Å². The van der Waals surface area contributed by atoms with Crippen LogP contribution in [0.4, 0.5) is 18.9 Å². The second-order valence-electron chi connectivity index (χ2n) is 8.29. The number of imide groups is 1. The van der Waals surface area contributed by atoms with Crippen molar-refractivity contribution >= 4 is 38.1 Å². The van der Waals surface area contributed by atoms with Crippen molar-refractivity contribution in [3.8, 4) is 5.75 Å². The molecular formula is C26H16F3NO5S. The maximum absolute atomic E-state index is 13.2. The van der Waals surface area contributed by atoms with Crippen LogP contribution in [-0.4, -0.2) is 25.3 Å². The van der Waals surface area contributed by atoms with E-state index >= 15 is 0 Å². The second-order valence-corrected chi connectivity index (χ2v) is 10.3. The van der Waals surface area contributed by atoms with E-state index in [9.17, 15) is 36.3 Å². The number of amides is 2. The van der Waals surface area contributed by atoms with Crippen molar-refractivity contribution in [3.63, 3.8) is 0 Å². The molecule has 0 atom stereocenters. The number of phenolic OH excluding ortho intramolecular Hbond substituents is 1. The molecule has 0 saturated carbocycles. The number of rotatable bonds is 4. The lowest BCUT2D eigenvalue weighted by Gasteiger charge is -2.27. The van der Waals surface area contributed by atoms with Gasteiger partial charge in [-0.05, 0) is 65.5 Å². The van der Waals surface area contributed by atoms with Gasteiger partial charge in [-0.3, -0.25) is 9.59 Å². The lowest BCUT2D eigenvalue weighted by atomic mass is 9.93. The number of aromatic hydroxyl groups is 1. The average Bonchev–Trinajstić information content (AvgIpc) is 2.82. The van der Waals surface area contributed by atoms with E-state index in [0.717, 1.165) is 29.2 Å². The quantitative estimate of drug-likeness (QED) is 0.374. The summed E-state index contributed by atoms with van der Waals surface area (Å²) in [6.07, 6.45) is -4.53. The number of benzene rings is 4. The molecule has 0 aliphatic carbocycles. The molecule has 1 aliphatic rings. The van der Waals surface area contributed by atoms with Gasteiger partial charge in [-0.2, -0.15) is 13.2 Å². The third-order valence-electron chi connectivity index (χ3n) is 5.92. The topological polar surface area (TPSA) is 91.8 Å². The lowest BCUT2D eigenvalue weighted by Crippen LogP contribution is -2.40. The van der Waals surface area contributed by atoms with Crippen molar-refractivity contribution in [1.82, 2.24) is 0 Å². The molecule has 1 N–H and O–H groups in total. The summed E-state index contributed by atoms with van der Waals surface area (Å²) in [6.45, 7) is 0. The Morgan fingerprint density at radius 3 is 2.08 bits per heavy atom. The summed E-state index contributed by atoms with van der Waals surface area (Å²) in [5.74, 6) is -1.92. The molecule has 0 spiro atoms. The minimum absolute atomic E-state index is 0.122. The van der Waals surface area contributed by atoms with Gasteiger partial charge < -0.3 is 5.11 Å². The van der Waals surface area contributed by atoms with Gasteiger partial charge in [-0.25, -0.2) is 13.3 Å². The molecule has 6 nitrogen and oxygen atoms in total. The summed E-state index contributed by atoms with van der Waals surface area (Å²) in [5.41, 5.74) is -0.169. The number of sulfone groups is 1. The number of hydrogen-bond acceptors (Lipinski definition) is 5. The first kappa shape index (κ1) is 23.6. The van der Waals surface area contributed by atoms with Crippen LogP contribution in [0, 0.1) is 0 Å². The van der Waals surface area contributed by atoms with Crippen LogP contribution >= 0.6 is 0 Å². The SMILES string of the molecule is O=C1c2cccc3cc(O)cc(c23)C(=O)N1c1ccc(S(=O)(=O)Cc2ccc(C(F)(F)F)cc2)cc1. The van der Waals surface area contributed by atoms with E-state index < -0.39 is 39.1 Å². The molecule has 4 aromatic rings. The minimum Gasteiger partial charge on any atom is -0.508 e. The average molecular weight is 511 g/mol. The number of halogens is 3. The highest BCUT2D eigenvalue weighted by molar-refractivity contribution is 7.90. The molecule has 0 saturated heterocycles. The highest BCUT2D eigenvalue weighted by atomic mass is 32.2. The normalized spacial score (nSPS) is 13.9. The van der Waals surface area contributed by atoms with Gasteiger partial charge in [0.15, 0.2) is 9.84 Å². The summed E-state index contributed by atoms with van der Waals surface area (Å²) in [7, 11) is -3.93. The van der Waals surface area contributed by atoms with Crippen molar-refractivity contribution < 1.29 is 36.3 Å². The maximum Gasteiger partial charge on any atom is 0.416 e. The Morgan fingerprint density at radius 1 is 0.806 bits per heavy atom. The van der Waals surface area contributed by atoms with Crippen LogP contribution in [0.2, 0.25) is 0 Å². The van der Waals surface area contributed by atoms with E-state index in [1.54, 1.807) is 18.2 Å². The van der Waals surface area contributed by atoms with Crippen molar-refractivity contribution in [1.29, 1.82) is 0 Å². The summed E-state index contributed by atoms with van der Waals surface area (Å²) in [5, 5.41) is 11.0. The molecule has 10 heteroatoms. The largest absolute Gasteiger partial charge is 0.508 e. The summed E-state index contributed by atoms with van der Waals surface area (Å²) >= 11 is 0. The fourth-order valence-corrected chi connectivity index (χ4v) is 5.57. The van der Waals surface area contributed by atoms with Gasteiger partial charge in [-0.15, -0.1) is 0 Å². The van der Waals surface area contributed by atoms with Crippen LogP contribution < -0.4 is 4.90 Å². The Balaban J connectivity index is 1.44. The molecule has 2 amide bonds. The Bertz CT molecular complexity index is 1640. The Hall–Kier alpha value is -4.18. The van der Waals surface area contributed by atoms with E-state index in [1.807, 2.05) is 0 Å². The highest BCUT2D eigenvalue weighted by Crippen LogP contribution is 2.35.